The van der Waals surface area contributed by atoms with Crippen LogP contribution in [-0.2, 0) is 4.79 Å². The molecular weight excluding hydrogens is 316 g/mol. The van der Waals surface area contributed by atoms with Crippen LogP contribution in [0.3, 0.4) is 0 Å². The molecule has 7 heteroatoms. The van der Waals surface area contributed by atoms with Gasteiger partial charge < -0.3 is 10.6 Å². The molecule has 1 amide bonds. The zero-order valence-electron chi connectivity index (χ0n) is 13.4. The highest BCUT2D eigenvalue weighted by Crippen LogP contribution is 2.29. The molecule has 1 atom stereocenters. The third kappa shape index (κ3) is 5.76. The van der Waals surface area contributed by atoms with Gasteiger partial charge in [0.05, 0.1) is 5.25 Å². The molecule has 0 spiro atoms. The highest BCUT2D eigenvalue weighted by atomic mass is 32.2. The number of amides is 1. The van der Waals surface area contributed by atoms with Gasteiger partial charge in [0.2, 0.25) is 11.0 Å². The van der Waals surface area contributed by atoms with E-state index in [1.54, 1.807) is 0 Å². The second-order valence-electron chi connectivity index (χ2n) is 5.76. The third-order valence-electron chi connectivity index (χ3n) is 3.78. The molecule has 1 aliphatic rings. The first-order valence-corrected chi connectivity index (χ1v) is 9.93. The van der Waals surface area contributed by atoms with Gasteiger partial charge in [-0.15, -0.1) is 10.2 Å². The lowest BCUT2D eigenvalue weighted by atomic mass is 10.1. The molecule has 0 unspecified atom stereocenters. The van der Waals surface area contributed by atoms with Crippen LogP contribution in [0.25, 0.3) is 0 Å². The van der Waals surface area contributed by atoms with Crippen LogP contribution in [0.1, 0.15) is 58.8 Å². The minimum absolute atomic E-state index is 0.121. The third-order valence-corrected chi connectivity index (χ3v) is 5.85. The van der Waals surface area contributed by atoms with E-state index in [-0.39, 0.29) is 11.2 Å². The van der Waals surface area contributed by atoms with Crippen molar-refractivity contribution in [2.24, 2.45) is 0 Å². The van der Waals surface area contributed by atoms with E-state index < -0.39 is 0 Å². The fraction of sp³-hybridized carbons (Fsp3) is 0.800. The lowest BCUT2D eigenvalue weighted by Crippen LogP contribution is -2.39. The van der Waals surface area contributed by atoms with Crippen LogP contribution in [0, 0.1) is 0 Å². The Kier molecular flexibility index (Phi) is 7.45. The monoisotopic (exact) mass is 342 g/mol. The topological polar surface area (TPSA) is 66.9 Å². The van der Waals surface area contributed by atoms with E-state index in [9.17, 15) is 4.79 Å². The molecule has 0 saturated heterocycles. The van der Waals surface area contributed by atoms with Gasteiger partial charge in [0.15, 0.2) is 4.34 Å². The van der Waals surface area contributed by atoms with Crippen LogP contribution < -0.4 is 10.6 Å². The fourth-order valence-corrected chi connectivity index (χ4v) is 4.44. The molecule has 0 aromatic carbocycles. The maximum Gasteiger partial charge on any atom is 0.233 e. The predicted octanol–water partition coefficient (Wildman–Crippen LogP) is 3.68. The first-order valence-electron chi connectivity index (χ1n) is 8.23. The van der Waals surface area contributed by atoms with Gasteiger partial charge in [-0.3, -0.25) is 4.79 Å². The Morgan fingerprint density at radius 3 is 2.73 bits per heavy atom. The number of thioether (sulfide) groups is 1. The predicted molar refractivity (Wildman–Crippen MR) is 93.6 cm³/mol. The van der Waals surface area contributed by atoms with Gasteiger partial charge in [0.1, 0.15) is 0 Å². The summed E-state index contributed by atoms with van der Waals surface area (Å²) in [7, 11) is 0. The van der Waals surface area contributed by atoms with Crippen molar-refractivity contribution >= 4 is 34.1 Å². The van der Waals surface area contributed by atoms with Crippen molar-refractivity contribution in [1.29, 1.82) is 0 Å². The van der Waals surface area contributed by atoms with E-state index in [0.29, 0.717) is 6.04 Å². The van der Waals surface area contributed by atoms with Crippen molar-refractivity contribution in [3.05, 3.63) is 0 Å². The average Bonchev–Trinajstić information content (AvgIpc) is 2.79. The van der Waals surface area contributed by atoms with Crippen LogP contribution in [0.2, 0.25) is 0 Å². The van der Waals surface area contributed by atoms with E-state index in [1.165, 1.54) is 48.8 Å². The van der Waals surface area contributed by atoms with Crippen LogP contribution in [0.4, 0.5) is 5.13 Å². The first kappa shape index (κ1) is 17.5. The molecular formula is C15H26N4OS2. The summed E-state index contributed by atoms with van der Waals surface area (Å²) in [6.07, 6.45) is 8.36. The van der Waals surface area contributed by atoms with Crippen molar-refractivity contribution < 1.29 is 4.79 Å². The summed E-state index contributed by atoms with van der Waals surface area (Å²) < 4.78 is 0.849. The average molecular weight is 343 g/mol. The summed E-state index contributed by atoms with van der Waals surface area (Å²) in [4.78, 5) is 12.3. The Labute approximate surface area is 141 Å². The molecule has 5 nitrogen and oxygen atoms in total. The van der Waals surface area contributed by atoms with Gasteiger partial charge in [0, 0.05) is 12.6 Å². The Hall–Kier alpha value is -0.820. The normalized spacial score (nSPS) is 17.7. The smallest absolute Gasteiger partial charge is 0.233 e. The van der Waals surface area contributed by atoms with E-state index in [1.807, 2.05) is 6.92 Å². The van der Waals surface area contributed by atoms with Crippen LogP contribution >= 0.6 is 23.1 Å². The number of nitrogens with zero attached hydrogens (tertiary/aromatic N) is 2. The first-order chi connectivity index (χ1) is 10.7. The maximum atomic E-state index is 12.3. The molecule has 1 fully saturated rings. The molecule has 0 aliphatic heterocycles. The standard InChI is InChI=1S/C15H26N4OS2/c1-3-10-16-14-18-19-15(22-14)21-11(2)13(20)17-12-8-6-4-5-7-9-12/h11-12H,3-10H2,1-2H3,(H,16,18)(H,17,20)/t11-/m1/s1. The highest BCUT2D eigenvalue weighted by Gasteiger charge is 2.21. The van der Waals surface area contributed by atoms with Gasteiger partial charge in [-0.05, 0) is 26.2 Å². The van der Waals surface area contributed by atoms with Crippen molar-refractivity contribution in [1.82, 2.24) is 15.5 Å². The number of rotatable bonds is 7. The van der Waals surface area contributed by atoms with E-state index in [2.05, 4.69) is 27.8 Å². The molecule has 1 aliphatic carbocycles. The quantitative estimate of drug-likeness (QED) is 0.584. The van der Waals surface area contributed by atoms with Gasteiger partial charge >= 0.3 is 0 Å². The summed E-state index contributed by atoms with van der Waals surface area (Å²) in [6.45, 7) is 4.96. The molecule has 1 aromatic rings. The molecule has 0 radical (unpaired) electrons. The second-order valence-corrected chi connectivity index (χ2v) is 8.32. The van der Waals surface area contributed by atoms with Crippen molar-refractivity contribution in [2.75, 3.05) is 11.9 Å². The van der Waals surface area contributed by atoms with Crippen molar-refractivity contribution in [3.8, 4) is 0 Å². The lowest BCUT2D eigenvalue weighted by molar-refractivity contribution is -0.121. The summed E-state index contributed by atoms with van der Waals surface area (Å²) >= 11 is 3.01. The van der Waals surface area contributed by atoms with E-state index in [0.717, 1.165) is 35.3 Å². The highest BCUT2D eigenvalue weighted by molar-refractivity contribution is 8.02. The van der Waals surface area contributed by atoms with Gasteiger partial charge in [0.25, 0.3) is 0 Å². The molecule has 0 bridgehead atoms. The summed E-state index contributed by atoms with van der Waals surface area (Å²) in [5.41, 5.74) is 0. The zero-order valence-corrected chi connectivity index (χ0v) is 15.1. The summed E-state index contributed by atoms with van der Waals surface area (Å²) in [5, 5.41) is 15.4. The van der Waals surface area contributed by atoms with Gasteiger partial charge in [-0.25, -0.2) is 0 Å². The number of carbonyl (C=O) groups is 1. The molecule has 2 N–H and O–H groups in total. The molecule has 124 valence electrons. The minimum Gasteiger partial charge on any atom is -0.360 e. The van der Waals surface area contributed by atoms with Crippen LogP contribution in [0.15, 0.2) is 4.34 Å². The number of aromatic nitrogens is 2. The number of hydrogen-bond acceptors (Lipinski definition) is 6. The van der Waals surface area contributed by atoms with Crippen LogP contribution in [-0.4, -0.2) is 33.9 Å². The second kappa shape index (κ2) is 9.35. The molecule has 2 rings (SSSR count). The largest absolute Gasteiger partial charge is 0.360 e. The van der Waals surface area contributed by atoms with E-state index >= 15 is 0 Å². The number of anilines is 1. The van der Waals surface area contributed by atoms with Crippen LogP contribution in [0.5, 0.6) is 0 Å². The summed E-state index contributed by atoms with van der Waals surface area (Å²) in [5.74, 6) is 0.121. The Balaban J connectivity index is 1.78. The summed E-state index contributed by atoms with van der Waals surface area (Å²) in [6, 6.07) is 0.356. The fourth-order valence-electron chi connectivity index (χ4n) is 2.51. The Bertz CT molecular complexity index is 458. The van der Waals surface area contributed by atoms with E-state index in [4.69, 9.17) is 0 Å². The van der Waals surface area contributed by atoms with Gasteiger partial charge in [-0.1, -0.05) is 55.7 Å². The zero-order chi connectivity index (χ0) is 15.8. The molecule has 1 aromatic heterocycles. The SMILES string of the molecule is CCCNc1nnc(S[C@H](C)C(=O)NC2CCCCCC2)s1. The maximum absolute atomic E-state index is 12.3. The van der Waals surface area contributed by atoms with Crippen molar-refractivity contribution in [3.63, 3.8) is 0 Å². The number of hydrogen-bond donors (Lipinski definition) is 2. The van der Waals surface area contributed by atoms with Gasteiger partial charge in [-0.2, -0.15) is 0 Å². The minimum atomic E-state index is -0.129. The molecule has 1 saturated carbocycles. The van der Waals surface area contributed by atoms with Crippen molar-refractivity contribution in [2.45, 2.75) is 74.4 Å². The Morgan fingerprint density at radius 1 is 1.32 bits per heavy atom. The molecule has 1 heterocycles. The number of nitrogens with one attached hydrogen (secondary N) is 2. The Morgan fingerprint density at radius 2 is 2.05 bits per heavy atom. The lowest BCUT2D eigenvalue weighted by Gasteiger charge is -2.18. The number of carbonyl (C=O) groups excluding carboxylic acids is 1. The molecule has 22 heavy (non-hydrogen) atoms.